The Morgan fingerprint density at radius 3 is 1.88 bits per heavy atom. The molecule has 1 N–H and O–H groups in total. The highest BCUT2D eigenvalue weighted by atomic mass is 32.1. The van der Waals surface area contributed by atoms with Gasteiger partial charge < -0.3 is 5.11 Å². The number of aliphatic hydroxyl groups excluding tert-OH is 1. The number of thiol groups is 1. The summed E-state index contributed by atoms with van der Waals surface area (Å²) in [4.78, 5) is 0. The second-order valence-electron chi connectivity index (χ2n) is 4.73. The van der Waals surface area contributed by atoms with E-state index in [1.807, 2.05) is 20.8 Å². The quantitative estimate of drug-likeness (QED) is 0.580. The molecule has 0 heterocycles. The molecule has 1 nitrogen and oxygen atoms in total. The zero-order valence-electron chi connectivity index (χ0n) is 9.84. The molecule has 0 aliphatic rings. The summed E-state index contributed by atoms with van der Waals surface area (Å²) in [5, 5.41) is 8.67. The molecule has 0 atom stereocenters. The number of benzene rings is 1. The van der Waals surface area contributed by atoms with Crippen LogP contribution in [0.4, 0.5) is 13.2 Å². The van der Waals surface area contributed by atoms with E-state index >= 15 is 0 Å². The molecule has 1 rings (SSSR count). The lowest BCUT2D eigenvalue weighted by molar-refractivity contribution is -0.0311. The highest BCUT2D eigenvalue weighted by Crippen LogP contribution is 2.27. The van der Waals surface area contributed by atoms with Crippen LogP contribution in [0, 0.1) is 0 Å². The fraction of sp³-hybridized carbons (Fsp3) is 0.417. The molecule has 1 aromatic carbocycles. The Balaban J connectivity index is 3.00. The van der Waals surface area contributed by atoms with E-state index in [2.05, 4.69) is 0 Å². The van der Waals surface area contributed by atoms with Crippen LogP contribution in [-0.2, 0) is 5.41 Å². The maximum Gasteiger partial charge on any atom is 0.436 e. The number of hydrogen-bond donors (Lipinski definition) is 2. The molecule has 0 radical (unpaired) electrons. The third-order valence-electron chi connectivity index (χ3n) is 2.24. The SMILES string of the molecule is CC(C)(C)c1ccc(C(O)=[SH]C(F)(F)F)cc1. The minimum atomic E-state index is -4.41. The van der Waals surface area contributed by atoms with Gasteiger partial charge in [0.25, 0.3) is 0 Å². The summed E-state index contributed by atoms with van der Waals surface area (Å²) >= 11 is -1.03. The molecule has 0 aliphatic carbocycles. The zero-order chi connectivity index (χ0) is 13.3. The van der Waals surface area contributed by atoms with Gasteiger partial charge >= 0.3 is 5.51 Å². The van der Waals surface area contributed by atoms with Crippen molar-refractivity contribution in [2.75, 3.05) is 0 Å². The van der Waals surface area contributed by atoms with Gasteiger partial charge in [-0.1, -0.05) is 56.4 Å². The van der Waals surface area contributed by atoms with E-state index in [1.165, 1.54) is 12.1 Å². The molecule has 0 spiro atoms. The van der Waals surface area contributed by atoms with Gasteiger partial charge in [0, 0.05) is 5.56 Å². The molecule has 17 heavy (non-hydrogen) atoms. The van der Waals surface area contributed by atoms with Crippen LogP contribution in [0.3, 0.4) is 0 Å². The number of aliphatic hydroxyl groups is 1. The zero-order valence-corrected chi connectivity index (χ0v) is 10.7. The van der Waals surface area contributed by atoms with Crippen molar-refractivity contribution in [3.05, 3.63) is 35.4 Å². The van der Waals surface area contributed by atoms with Gasteiger partial charge in [-0.25, -0.2) is 0 Å². The average molecular weight is 264 g/mol. The Labute approximate surface area is 102 Å². The Morgan fingerprint density at radius 2 is 1.53 bits per heavy atom. The minimum absolute atomic E-state index is 0.0596. The predicted octanol–water partition coefficient (Wildman–Crippen LogP) is 4.01. The van der Waals surface area contributed by atoms with E-state index in [0.29, 0.717) is 0 Å². The third kappa shape index (κ3) is 4.52. The standard InChI is InChI=1S/C12H15F3OS/c1-11(2,3)9-6-4-8(5-7-9)10(16)17-12(13,14)15/h4-7,16-17H,1-3H3. The molecule has 1 aromatic rings. The van der Waals surface area contributed by atoms with Crippen molar-refractivity contribution in [1.82, 2.24) is 0 Å². The average Bonchev–Trinajstić information content (AvgIpc) is 2.14. The highest BCUT2D eigenvalue weighted by Gasteiger charge is 2.24. The molecule has 0 saturated heterocycles. The second kappa shape index (κ2) is 4.82. The fourth-order valence-corrected chi connectivity index (χ4v) is 1.82. The van der Waals surface area contributed by atoms with Crippen molar-refractivity contribution in [3.8, 4) is 0 Å². The Kier molecular flexibility index (Phi) is 4.04. The van der Waals surface area contributed by atoms with Crippen molar-refractivity contribution >= 4 is 16.4 Å². The summed E-state index contributed by atoms with van der Waals surface area (Å²) in [5.74, 6) is 0. The van der Waals surface area contributed by atoms with Crippen LogP contribution >= 0.6 is 11.4 Å². The predicted molar refractivity (Wildman–Crippen MR) is 66.9 cm³/mol. The van der Waals surface area contributed by atoms with Crippen molar-refractivity contribution in [2.24, 2.45) is 0 Å². The maximum atomic E-state index is 12.1. The Bertz CT molecular complexity index is 413. The van der Waals surface area contributed by atoms with Crippen LogP contribution in [0.25, 0.3) is 0 Å². The number of rotatable bonds is 1. The molecular formula is C12H15F3OS. The van der Waals surface area contributed by atoms with Crippen LogP contribution in [0.2, 0.25) is 0 Å². The summed E-state index contributed by atoms with van der Waals surface area (Å²) in [6, 6.07) is 6.48. The first-order chi connectivity index (χ1) is 7.59. The van der Waals surface area contributed by atoms with E-state index in [4.69, 9.17) is 0 Å². The smallest absolute Gasteiger partial charge is 0.355 e. The van der Waals surface area contributed by atoms with E-state index in [0.717, 1.165) is 5.56 Å². The van der Waals surface area contributed by atoms with Crippen LogP contribution in [0.1, 0.15) is 31.9 Å². The first-order valence-corrected chi connectivity index (χ1v) is 5.95. The molecule has 0 bridgehead atoms. The minimum Gasteiger partial charge on any atom is -0.355 e. The largest absolute Gasteiger partial charge is 0.436 e. The van der Waals surface area contributed by atoms with Gasteiger partial charge in [0.15, 0.2) is 0 Å². The van der Waals surface area contributed by atoms with Crippen LogP contribution in [0.5, 0.6) is 0 Å². The molecule has 0 aliphatic heterocycles. The Hall–Kier alpha value is -0.810. The highest BCUT2D eigenvalue weighted by molar-refractivity contribution is 7.99. The third-order valence-corrected chi connectivity index (χ3v) is 2.97. The van der Waals surface area contributed by atoms with E-state index in [1.54, 1.807) is 12.1 Å². The number of alkyl halides is 3. The van der Waals surface area contributed by atoms with Crippen molar-refractivity contribution in [3.63, 3.8) is 0 Å². The monoisotopic (exact) mass is 264 g/mol. The molecule has 0 aromatic heterocycles. The van der Waals surface area contributed by atoms with Crippen molar-refractivity contribution in [1.29, 1.82) is 0 Å². The summed E-state index contributed by atoms with van der Waals surface area (Å²) in [5.41, 5.74) is -3.25. The van der Waals surface area contributed by atoms with Crippen molar-refractivity contribution < 1.29 is 18.3 Å². The normalized spacial score (nSPS) is 14.4. The van der Waals surface area contributed by atoms with Crippen LogP contribution in [-0.4, -0.2) is 15.7 Å². The van der Waals surface area contributed by atoms with E-state index in [9.17, 15) is 18.3 Å². The molecule has 0 saturated carbocycles. The fourth-order valence-electron chi connectivity index (χ4n) is 1.30. The van der Waals surface area contributed by atoms with E-state index in [-0.39, 0.29) is 11.0 Å². The van der Waals surface area contributed by atoms with Gasteiger partial charge in [-0.05, 0) is 11.0 Å². The van der Waals surface area contributed by atoms with Crippen LogP contribution < -0.4 is 0 Å². The molecule has 0 unspecified atom stereocenters. The van der Waals surface area contributed by atoms with Gasteiger partial charge in [0.05, 0.1) is 0 Å². The molecule has 0 amide bonds. The summed E-state index contributed by atoms with van der Waals surface area (Å²) in [6.45, 7) is 6.04. The van der Waals surface area contributed by atoms with Crippen LogP contribution in [0.15, 0.2) is 24.3 Å². The molecular weight excluding hydrogens is 249 g/mol. The number of hydrogen-bond acceptors (Lipinski definition) is 0. The first-order valence-electron chi connectivity index (χ1n) is 5.06. The molecule has 5 heteroatoms. The Morgan fingerprint density at radius 1 is 1.06 bits per heavy atom. The van der Waals surface area contributed by atoms with Crippen molar-refractivity contribution in [2.45, 2.75) is 31.7 Å². The lowest BCUT2D eigenvalue weighted by Crippen LogP contribution is -2.11. The number of halogens is 3. The topological polar surface area (TPSA) is 20.2 Å². The van der Waals surface area contributed by atoms with Gasteiger partial charge in [0.1, 0.15) is 5.05 Å². The first kappa shape index (κ1) is 14.3. The lowest BCUT2D eigenvalue weighted by atomic mass is 9.87. The second-order valence-corrected chi connectivity index (χ2v) is 5.88. The van der Waals surface area contributed by atoms with Gasteiger partial charge in [-0.15, -0.1) is 0 Å². The summed E-state index contributed by atoms with van der Waals surface area (Å²) in [7, 11) is 0. The van der Waals surface area contributed by atoms with Gasteiger partial charge in [0.2, 0.25) is 0 Å². The molecule has 96 valence electrons. The van der Waals surface area contributed by atoms with Gasteiger partial charge in [-0.3, -0.25) is 0 Å². The van der Waals surface area contributed by atoms with Gasteiger partial charge in [-0.2, -0.15) is 13.2 Å². The lowest BCUT2D eigenvalue weighted by Gasteiger charge is -2.19. The summed E-state index contributed by atoms with van der Waals surface area (Å²) in [6.07, 6.45) is 0. The maximum absolute atomic E-state index is 12.1. The van der Waals surface area contributed by atoms with E-state index < -0.39 is 21.9 Å². The molecule has 0 fully saturated rings. The summed E-state index contributed by atoms with van der Waals surface area (Å²) < 4.78 is 36.2.